The third-order valence-corrected chi connectivity index (χ3v) is 5.69. The molecule has 1 fully saturated rings. The van der Waals surface area contributed by atoms with Gasteiger partial charge in [0.25, 0.3) is 5.91 Å². The topological polar surface area (TPSA) is 116 Å². The summed E-state index contributed by atoms with van der Waals surface area (Å²) in [7, 11) is 1.54. The molecule has 4 rings (SSSR count). The van der Waals surface area contributed by atoms with E-state index in [-0.39, 0.29) is 22.8 Å². The number of anilines is 2. The maximum absolute atomic E-state index is 12.3. The first-order chi connectivity index (χ1) is 15.9. The largest absolute Gasteiger partial charge is 0.378 e. The molecule has 3 aromatic rings. The van der Waals surface area contributed by atoms with Crippen molar-refractivity contribution in [3.05, 3.63) is 51.9 Å². The number of aryl methyl sites for hydroxylation is 1. The van der Waals surface area contributed by atoms with Crippen LogP contribution in [0.1, 0.15) is 40.3 Å². The fourth-order valence-electron chi connectivity index (χ4n) is 3.88. The molecule has 1 atom stereocenters. The number of pyridine rings is 1. The fraction of sp³-hybridized carbons (Fsp3) is 0.348. The summed E-state index contributed by atoms with van der Waals surface area (Å²) < 4.78 is 5.44. The van der Waals surface area contributed by atoms with E-state index in [1.54, 1.807) is 19.2 Å². The molecule has 1 saturated heterocycles. The molecule has 0 spiro atoms. The molecule has 1 aliphatic rings. The summed E-state index contributed by atoms with van der Waals surface area (Å²) in [5, 5.41) is 15.9. The van der Waals surface area contributed by atoms with Crippen molar-refractivity contribution in [3.63, 3.8) is 0 Å². The van der Waals surface area contributed by atoms with Gasteiger partial charge in [-0.15, -0.1) is 0 Å². The zero-order chi connectivity index (χ0) is 23.5. The van der Waals surface area contributed by atoms with Crippen molar-refractivity contribution in [2.45, 2.75) is 19.9 Å². The minimum absolute atomic E-state index is 0.209. The van der Waals surface area contributed by atoms with Crippen LogP contribution in [0.4, 0.5) is 11.5 Å². The summed E-state index contributed by atoms with van der Waals surface area (Å²) in [4.78, 5) is 28.0. The molecule has 3 heterocycles. The number of benzene rings is 1. The number of carbonyl (C=O) groups is 1. The van der Waals surface area contributed by atoms with Crippen LogP contribution in [0, 0.1) is 18.3 Å². The Morgan fingerprint density at radius 1 is 1.24 bits per heavy atom. The number of hydrogen-bond donors (Lipinski definition) is 2. The highest BCUT2D eigenvalue weighted by atomic mass is 35.5. The molecule has 170 valence electrons. The Bertz CT molecular complexity index is 1250. The molecule has 1 aromatic carbocycles. The van der Waals surface area contributed by atoms with Crippen molar-refractivity contribution in [2.24, 2.45) is 0 Å². The second-order valence-electron chi connectivity index (χ2n) is 7.80. The molecule has 1 aliphatic heterocycles. The van der Waals surface area contributed by atoms with E-state index >= 15 is 0 Å². The fourth-order valence-corrected chi connectivity index (χ4v) is 4.03. The van der Waals surface area contributed by atoms with Crippen molar-refractivity contribution in [1.82, 2.24) is 20.3 Å². The monoisotopic (exact) mass is 465 g/mol. The molecule has 1 amide bonds. The number of fused-ring (bicyclic) bond motifs is 1. The van der Waals surface area contributed by atoms with Gasteiger partial charge in [0.2, 0.25) is 0 Å². The van der Waals surface area contributed by atoms with Crippen LogP contribution in [0.25, 0.3) is 11.0 Å². The Kier molecular flexibility index (Phi) is 6.58. The number of halogens is 1. The number of aromatic nitrogens is 3. The molecule has 0 saturated carbocycles. The number of ether oxygens (including phenoxy) is 1. The molecule has 10 heteroatoms. The summed E-state index contributed by atoms with van der Waals surface area (Å²) in [6.45, 7) is 6.40. The van der Waals surface area contributed by atoms with Gasteiger partial charge in [0, 0.05) is 25.7 Å². The van der Waals surface area contributed by atoms with Gasteiger partial charge in [-0.05, 0) is 37.6 Å². The van der Waals surface area contributed by atoms with Crippen LogP contribution in [-0.4, -0.2) is 54.2 Å². The molecule has 2 N–H and O–H groups in total. The summed E-state index contributed by atoms with van der Waals surface area (Å²) >= 11 is 6.01. The van der Waals surface area contributed by atoms with Gasteiger partial charge in [0.1, 0.15) is 11.2 Å². The van der Waals surface area contributed by atoms with E-state index in [0.717, 1.165) is 11.1 Å². The minimum Gasteiger partial charge on any atom is -0.378 e. The Labute approximate surface area is 196 Å². The highest BCUT2D eigenvalue weighted by molar-refractivity contribution is 6.29. The predicted molar refractivity (Wildman–Crippen MR) is 127 cm³/mol. The number of rotatable bonds is 5. The first kappa shape index (κ1) is 22.7. The van der Waals surface area contributed by atoms with Gasteiger partial charge in [0.15, 0.2) is 17.2 Å². The van der Waals surface area contributed by atoms with Gasteiger partial charge < -0.3 is 20.3 Å². The quantitative estimate of drug-likeness (QED) is 0.552. The number of nitrogens with one attached hydrogen (secondary N) is 2. The molecule has 2 aromatic heterocycles. The number of nitrogens with zero attached hydrogens (tertiary/aromatic N) is 5. The number of hydrogen-bond acceptors (Lipinski definition) is 8. The lowest BCUT2D eigenvalue weighted by atomic mass is 10.0. The second kappa shape index (κ2) is 9.57. The Morgan fingerprint density at radius 3 is 2.70 bits per heavy atom. The second-order valence-corrected chi connectivity index (χ2v) is 8.19. The average Bonchev–Trinajstić information content (AvgIpc) is 2.83. The van der Waals surface area contributed by atoms with Gasteiger partial charge in [-0.3, -0.25) is 4.79 Å². The van der Waals surface area contributed by atoms with E-state index in [0.29, 0.717) is 54.5 Å². The summed E-state index contributed by atoms with van der Waals surface area (Å²) in [5.41, 5.74) is 4.29. The van der Waals surface area contributed by atoms with Crippen LogP contribution in [0.3, 0.4) is 0 Å². The lowest BCUT2D eigenvalue weighted by molar-refractivity contribution is 0.0959. The Hall–Kier alpha value is -3.48. The summed E-state index contributed by atoms with van der Waals surface area (Å²) in [5.74, 6) is 0.221. The van der Waals surface area contributed by atoms with Gasteiger partial charge >= 0.3 is 0 Å². The van der Waals surface area contributed by atoms with Crippen molar-refractivity contribution in [2.75, 3.05) is 43.6 Å². The van der Waals surface area contributed by atoms with Crippen LogP contribution < -0.4 is 15.5 Å². The van der Waals surface area contributed by atoms with E-state index in [4.69, 9.17) is 21.3 Å². The minimum atomic E-state index is -0.339. The zero-order valence-corrected chi connectivity index (χ0v) is 19.4. The molecular formula is C23H24ClN7O2. The maximum atomic E-state index is 12.3. The van der Waals surface area contributed by atoms with Crippen LogP contribution in [-0.2, 0) is 4.74 Å². The van der Waals surface area contributed by atoms with E-state index < -0.39 is 0 Å². The van der Waals surface area contributed by atoms with E-state index in [9.17, 15) is 10.1 Å². The maximum Gasteiger partial charge on any atom is 0.271 e. The van der Waals surface area contributed by atoms with E-state index in [1.165, 1.54) is 0 Å². The SMILES string of the molecule is CNC(=O)c1nc(Cl)ccc1N[C@H](C)c1cc(C)cc2nc(C#N)c(N3CCOCC3)nc12. The predicted octanol–water partition coefficient (Wildman–Crippen LogP) is 3.23. The lowest BCUT2D eigenvalue weighted by Crippen LogP contribution is -2.37. The smallest absolute Gasteiger partial charge is 0.271 e. The van der Waals surface area contributed by atoms with E-state index in [2.05, 4.69) is 26.7 Å². The van der Waals surface area contributed by atoms with Crippen molar-refractivity contribution >= 4 is 40.0 Å². The molecule has 9 nitrogen and oxygen atoms in total. The number of nitriles is 1. The molecule has 33 heavy (non-hydrogen) atoms. The first-order valence-corrected chi connectivity index (χ1v) is 11.0. The van der Waals surface area contributed by atoms with Gasteiger partial charge in [-0.1, -0.05) is 17.7 Å². The number of amides is 1. The lowest BCUT2D eigenvalue weighted by Gasteiger charge is -2.28. The molecule has 0 bridgehead atoms. The average molecular weight is 466 g/mol. The Morgan fingerprint density at radius 2 is 2.00 bits per heavy atom. The number of carbonyl (C=O) groups excluding carboxylic acids is 1. The van der Waals surface area contributed by atoms with Gasteiger partial charge in [0.05, 0.1) is 36.0 Å². The van der Waals surface area contributed by atoms with Gasteiger partial charge in [-0.2, -0.15) is 5.26 Å². The van der Waals surface area contributed by atoms with Crippen LogP contribution in [0.2, 0.25) is 5.15 Å². The van der Waals surface area contributed by atoms with Crippen LogP contribution in [0.5, 0.6) is 0 Å². The third kappa shape index (κ3) is 4.67. The van der Waals surface area contributed by atoms with Crippen molar-refractivity contribution < 1.29 is 9.53 Å². The highest BCUT2D eigenvalue weighted by Gasteiger charge is 2.22. The molecular weight excluding hydrogens is 442 g/mol. The third-order valence-electron chi connectivity index (χ3n) is 5.48. The van der Waals surface area contributed by atoms with Crippen LogP contribution >= 0.6 is 11.6 Å². The normalized spacial score (nSPS) is 14.6. The Balaban J connectivity index is 1.79. The standard InChI is InChI=1S/C23H24ClN7O2/c1-13-10-15(14(2)27-16-4-5-19(24)29-21(16)23(32)26-3)20-17(11-13)28-18(12-25)22(30-20)31-6-8-33-9-7-31/h4-5,10-11,14,27H,6-9H2,1-3H3,(H,26,32)/t14-/m1/s1. The van der Waals surface area contributed by atoms with Crippen molar-refractivity contribution in [3.8, 4) is 6.07 Å². The van der Waals surface area contributed by atoms with E-state index in [1.807, 2.05) is 30.9 Å². The van der Waals surface area contributed by atoms with Gasteiger partial charge in [-0.25, -0.2) is 15.0 Å². The van der Waals surface area contributed by atoms with Crippen LogP contribution in [0.15, 0.2) is 24.3 Å². The first-order valence-electron chi connectivity index (χ1n) is 10.6. The highest BCUT2D eigenvalue weighted by Crippen LogP contribution is 2.30. The summed E-state index contributed by atoms with van der Waals surface area (Å²) in [6, 6.07) is 9.26. The zero-order valence-electron chi connectivity index (χ0n) is 18.6. The molecule has 0 aliphatic carbocycles. The summed E-state index contributed by atoms with van der Waals surface area (Å²) in [6.07, 6.45) is 0. The van der Waals surface area contributed by atoms with Crippen molar-refractivity contribution in [1.29, 1.82) is 5.26 Å². The number of morpholine rings is 1. The molecule has 0 radical (unpaired) electrons. The molecule has 0 unspecified atom stereocenters.